The molecule has 84 valence electrons. The van der Waals surface area contributed by atoms with E-state index >= 15 is 0 Å². The minimum atomic E-state index is -0.628. The van der Waals surface area contributed by atoms with Crippen LogP contribution in [0, 0.1) is 5.92 Å². The van der Waals surface area contributed by atoms with Gasteiger partial charge in [0.25, 0.3) is 0 Å². The van der Waals surface area contributed by atoms with Gasteiger partial charge in [-0.3, -0.25) is 0 Å². The van der Waals surface area contributed by atoms with E-state index < -0.39 is 5.60 Å². The highest BCUT2D eigenvalue weighted by molar-refractivity contribution is 4.81. The summed E-state index contributed by atoms with van der Waals surface area (Å²) in [5, 5.41) is 10.2. The summed E-state index contributed by atoms with van der Waals surface area (Å²) in [6.45, 7) is 4.15. The average molecular weight is 202 g/mol. The fourth-order valence-electron chi connectivity index (χ4n) is 2.06. The van der Waals surface area contributed by atoms with Crippen LogP contribution >= 0.6 is 0 Å². The molecule has 1 atom stereocenters. The van der Waals surface area contributed by atoms with Gasteiger partial charge in [-0.25, -0.2) is 0 Å². The van der Waals surface area contributed by atoms with Gasteiger partial charge >= 0.3 is 0 Å². The first kappa shape index (κ1) is 12.0. The molecule has 3 heteroatoms. The Bertz CT molecular complexity index is 155. The molecule has 1 N–H and O–H groups in total. The summed E-state index contributed by atoms with van der Waals surface area (Å²) in [5.41, 5.74) is -0.628. The lowest BCUT2D eigenvalue weighted by atomic mass is 9.85. The number of ether oxygens (including phenoxy) is 2. The van der Waals surface area contributed by atoms with Crippen molar-refractivity contribution in [1.29, 1.82) is 0 Å². The third-order valence-corrected chi connectivity index (χ3v) is 3.08. The van der Waals surface area contributed by atoms with Crippen molar-refractivity contribution in [3.63, 3.8) is 0 Å². The molecule has 0 aromatic heterocycles. The molecule has 1 heterocycles. The van der Waals surface area contributed by atoms with Gasteiger partial charge in [0.05, 0.1) is 12.2 Å². The average Bonchev–Trinajstić information content (AvgIpc) is 2.20. The Kier molecular flexibility index (Phi) is 4.85. The summed E-state index contributed by atoms with van der Waals surface area (Å²) in [6, 6.07) is 0. The van der Waals surface area contributed by atoms with Crippen molar-refractivity contribution in [2.24, 2.45) is 5.92 Å². The van der Waals surface area contributed by atoms with E-state index in [0.29, 0.717) is 12.5 Å². The molecule has 3 nitrogen and oxygen atoms in total. The molecule has 0 saturated carbocycles. The lowest BCUT2D eigenvalue weighted by Crippen LogP contribution is -2.37. The van der Waals surface area contributed by atoms with Crippen LogP contribution in [0.15, 0.2) is 0 Å². The lowest BCUT2D eigenvalue weighted by molar-refractivity contribution is -0.0614. The SMILES string of the molecule is CCC(O)(COC)CC1CCOCC1. The summed E-state index contributed by atoms with van der Waals surface area (Å²) in [4.78, 5) is 0. The molecule has 1 aliphatic rings. The third kappa shape index (κ3) is 3.56. The zero-order valence-electron chi connectivity index (χ0n) is 9.29. The van der Waals surface area contributed by atoms with Gasteiger partial charge in [0.1, 0.15) is 0 Å². The molecule has 0 amide bonds. The Morgan fingerprint density at radius 1 is 1.43 bits per heavy atom. The second-order valence-corrected chi connectivity index (χ2v) is 4.27. The Labute approximate surface area is 86.4 Å². The first-order valence-electron chi connectivity index (χ1n) is 5.49. The summed E-state index contributed by atoms with van der Waals surface area (Å²) < 4.78 is 10.4. The number of aliphatic hydroxyl groups is 1. The van der Waals surface area contributed by atoms with E-state index in [1.165, 1.54) is 0 Å². The van der Waals surface area contributed by atoms with E-state index in [9.17, 15) is 5.11 Å². The van der Waals surface area contributed by atoms with Crippen LogP contribution in [0.3, 0.4) is 0 Å². The molecular weight excluding hydrogens is 180 g/mol. The van der Waals surface area contributed by atoms with E-state index in [1.54, 1.807) is 7.11 Å². The van der Waals surface area contributed by atoms with E-state index in [-0.39, 0.29) is 0 Å². The van der Waals surface area contributed by atoms with Crippen LogP contribution in [-0.2, 0) is 9.47 Å². The third-order valence-electron chi connectivity index (χ3n) is 3.08. The zero-order chi connectivity index (χ0) is 10.4. The monoisotopic (exact) mass is 202 g/mol. The Hall–Kier alpha value is -0.120. The number of hydrogen-bond acceptors (Lipinski definition) is 3. The van der Waals surface area contributed by atoms with E-state index in [0.717, 1.165) is 38.9 Å². The highest BCUT2D eigenvalue weighted by atomic mass is 16.5. The molecule has 0 aromatic rings. The number of methoxy groups -OCH3 is 1. The molecule has 0 aromatic carbocycles. The maximum Gasteiger partial charge on any atom is 0.0880 e. The van der Waals surface area contributed by atoms with E-state index in [4.69, 9.17) is 9.47 Å². The Morgan fingerprint density at radius 3 is 2.57 bits per heavy atom. The molecule has 1 aliphatic heterocycles. The lowest BCUT2D eigenvalue weighted by Gasteiger charge is -2.32. The molecule has 1 unspecified atom stereocenters. The van der Waals surface area contributed by atoms with Crippen molar-refractivity contribution in [3.05, 3.63) is 0 Å². The number of rotatable bonds is 5. The predicted molar refractivity (Wildman–Crippen MR) is 55.3 cm³/mol. The van der Waals surface area contributed by atoms with Crippen LogP contribution in [0.1, 0.15) is 32.6 Å². The highest BCUT2D eigenvalue weighted by Gasteiger charge is 2.29. The summed E-state index contributed by atoms with van der Waals surface area (Å²) in [7, 11) is 1.64. The molecule has 0 bridgehead atoms. The minimum Gasteiger partial charge on any atom is -0.387 e. The van der Waals surface area contributed by atoms with Crippen LogP contribution in [0.25, 0.3) is 0 Å². The smallest absolute Gasteiger partial charge is 0.0880 e. The largest absolute Gasteiger partial charge is 0.387 e. The van der Waals surface area contributed by atoms with Gasteiger partial charge < -0.3 is 14.6 Å². The first-order valence-corrected chi connectivity index (χ1v) is 5.49. The minimum absolute atomic E-state index is 0.445. The normalized spacial score (nSPS) is 23.4. The van der Waals surface area contributed by atoms with Crippen LogP contribution in [0.2, 0.25) is 0 Å². The van der Waals surface area contributed by atoms with Gasteiger partial charge in [-0.05, 0) is 31.6 Å². The molecule has 0 radical (unpaired) electrons. The molecular formula is C11H22O3. The fourth-order valence-corrected chi connectivity index (χ4v) is 2.06. The fraction of sp³-hybridized carbons (Fsp3) is 1.00. The summed E-state index contributed by atoms with van der Waals surface area (Å²) in [5.74, 6) is 0.601. The number of hydrogen-bond donors (Lipinski definition) is 1. The second-order valence-electron chi connectivity index (χ2n) is 4.27. The summed E-state index contributed by atoms with van der Waals surface area (Å²) in [6.07, 6.45) is 3.76. The quantitative estimate of drug-likeness (QED) is 0.736. The van der Waals surface area contributed by atoms with Gasteiger partial charge in [0, 0.05) is 20.3 Å². The van der Waals surface area contributed by atoms with Crippen LogP contribution < -0.4 is 0 Å². The van der Waals surface area contributed by atoms with Gasteiger partial charge in [-0.15, -0.1) is 0 Å². The zero-order valence-corrected chi connectivity index (χ0v) is 9.29. The van der Waals surface area contributed by atoms with Gasteiger partial charge in [-0.2, -0.15) is 0 Å². The highest BCUT2D eigenvalue weighted by Crippen LogP contribution is 2.27. The molecule has 0 aliphatic carbocycles. The maximum absolute atomic E-state index is 10.2. The van der Waals surface area contributed by atoms with Gasteiger partial charge in [-0.1, -0.05) is 6.92 Å². The maximum atomic E-state index is 10.2. The van der Waals surface area contributed by atoms with Crippen molar-refractivity contribution in [1.82, 2.24) is 0 Å². The van der Waals surface area contributed by atoms with Crippen LogP contribution in [-0.4, -0.2) is 37.6 Å². The van der Waals surface area contributed by atoms with Crippen molar-refractivity contribution in [3.8, 4) is 0 Å². The van der Waals surface area contributed by atoms with Crippen molar-refractivity contribution in [2.75, 3.05) is 26.9 Å². The van der Waals surface area contributed by atoms with Crippen LogP contribution in [0.4, 0.5) is 0 Å². The molecule has 14 heavy (non-hydrogen) atoms. The predicted octanol–water partition coefficient (Wildman–Crippen LogP) is 1.59. The Balaban J connectivity index is 2.37. The van der Waals surface area contributed by atoms with E-state index in [1.807, 2.05) is 6.92 Å². The van der Waals surface area contributed by atoms with Crippen LogP contribution in [0.5, 0.6) is 0 Å². The molecule has 1 fully saturated rings. The summed E-state index contributed by atoms with van der Waals surface area (Å²) >= 11 is 0. The van der Waals surface area contributed by atoms with Crippen molar-refractivity contribution >= 4 is 0 Å². The standard InChI is InChI=1S/C11H22O3/c1-3-11(12,9-13-2)8-10-4-6-14-7-5-10/h10,12H,3-9H2,1-2H3. The Morgan fingerprint density at radius 2 is 2.07 bits per heavy atom. The molecule has 1 saturated heterocycles. The molecule has 0 spiro atoms. The van der Waals surface area contributed by atoms with Gasteiger partial charge in [0.15, 0.2) is 0 Å². The topological polar surface area (TPSA) is 38.7 Å². The van der Waals surface area contributed by atoms with Crippen molar-refractivity contribution < 1.29 is 14.6 Å². The molecule has 1 rings (SSSR count). The second kappa shape index (κ2) is 5.69. The van der Waals surface area contributed by atoms with Crippen molar-refractivity contribution in [2.45, 2.75) is 38.2 Å². The first-order chi connectivity index (χ1) is 6.70. The van der Waals surface area contributed by atoms with E-state index in [2.05, 4.69) is 0 Å². The van der Waals surface area contributed by atoms with Gasteiger partial charge in [0.2, 0.25) is 0 Å².